The summed E-state index contributed by atoms with van der Waals surface area (Å²) in [4.78, 5) is 0. The minimum Gasteiger partial charge on any atom is -0.313 e. The lowest BCUT2D eigenvalue weighted by Crippen LogP contribution is -2.41. The molecule has 0 aromatic heterocycles. The Kier molecular flexibility index (Phi) is 5.11. The zero-order chi connectivity index (χ0) is 12.1. The molecule has 0 spiro atoms. The predicted octanol–water partition coefficient (Wildman–Crippen LogP) is 3.23. The molecule has 0 aliphatic carbocycles. The van der Waals surface area contributed by atoms with Gasteiger partial charge in [0.25, 0.3) is 0 Å². The fraction of sp³-hybridized carbons (Fsp3) is 0.538. The van der Waals surface area contributed by atoms with E-state index in [9.17, 15) is 0 Å². The van der Waals surface area contributed by atoms with E-state index in [1.807, 2.05) is 18.2 Å². The molecule has 0 radical (unpaired) electrons. The first kappa shape index (κ1) is 13.2. The van der Waals surface area contributed by atoms with Crippen LogP contribution in [0.15, 0.2) is 18.2 Å². The molecule has 1 aromatic carbocycles. The van der Waals surface area contributed by atoms with E-state index in [0.29, 0.717) is 16.1 Å². The van der Waals surface area contributed by atoms with Crippen LogP contribution in [0.2, 0.25) is 10.0 Å². The summed E-state index contributed by atoms with van der Waals surface area (Å²) in [5.41, 5.74) is 1.18. The molecule has 2 rings (SSSR count). The lowest BCUT2D eigenvalue weighted by molar-refractivity contribution is 0.383. The number of hydrogen-bond donors (Lipinski definition) is 2. The lowest BCUT2D eigenvalue weighted by Gasteiger charge is -2.23. The Labute approximate surface area is 113 Å². The Hall–Kier alpha value is -0.280. The van der Waals surface area contributed by atoms with Crippen molar-refractivity contribution in [1.82, 2.24) is 10.6 Å². The van der Waals surface area contributed by atoms with Crippen LogP contribution in [0.3, 0.4) is 0 Å². The van der Waals surface area contributed by atoms with E-state index in [4.69, 9.17) is 23.2 Å². The van der Waals surface area contributed by atoms with Gasteiger partial charge >= 0.3 is 0 Å². The van der Waals surface area contributed by atoms with E-state index in [0.717, 1.165) is 19.6 Å². The van der Waals surface area contributed by atoms with Crippen molar-refractivity contribution in [2.24, 2.45) is 0 Å². The maximum absolute atomic E-state index is 5.97. The normalized spacial score (nSPS) is 20.5. The maximum atomic E-state index is 5.97. The summed E-state index contributed by atoms with van der Waals surface area (Å²) in [7, 11) is 0. The van der Waals surface area contributed by atoms with Crippen molar-refractivity contribution < 1.29 is 0 Å². The second-order valence-electron chi connectivity index (χ2n) is 4.53. The van der Waals surface area contributed by atoms with Gasteiger partial charge in [0.1, 0.15) is 0 Å². The monoisotopic (exact) mass is 272 g/mol. The van der Waals surface area contributed by atoms with Gasteiger partial charge in [-0.2, -0.15) is 0 Å². The number of hydrogen-bond acceptors (Lipinski definition) is 2. The second kappa shape index (κ2) is 6.60. The molecule has 0 saturated carbocycles. The van der Waals surface area contributed by atoms with Crippen LogP contribution in [-0.4, -0.2) is 19.1 Å². The van der Waals surface area contributed by atoms with Crippen LogP contribution in [0.4, 0.5) is 0 Å². The van der Waals surface area contributed by atoms with Gasteiger partial charge in [0, 0.05) is 19.1 Å². The SMILES string of the molecule is Clc1ccc(CNC[C@H]2CCCCN2)cc1Cl. The number of benzene rings is 1. The molecule has 17 heavy (non-hydrogen) atoms. The highest BCUT2D eigenvalue weighted by Gasteiger charge is 2.11. The van der Waals surface area contributed by atoms with Crippen LogP contribution >= 0.6 is 23.2 Å². The Balaban J connectivity index is 1.75. The van der Waals surface area contributed by atoms with Crippen molar-refractivity contribution in [1.29, 1.82) is 0 Å². The summed E-state index contributed by atoms with van der Waals surface area (Å²) < 4.78 is 0. The fourth-order valence-corrected chi connectivity index (χ4v) is 2.46. The molecular weight excluding hydrogens is 255 g/mol. The third-order valence-corrected chi connectivity index (χ3v) is 3.86. The number of piperidine rings is 1. The van der Waals surface area contributed by atoms with Crippen molar-refractivity contribution >= 4 is 23.2 Å². The molecule has 94 valence electrons. The highest BCUT2D eigenvalue weighted by atomic mass is 35.5. The second-order valence-corrected chi connectivity index (χ2v) is 5.34. The molecule has 0 bridgehead atoms. The number of halogens is 2. The zero-order valence-electron chi connectivity index (χ0n) is 9.81. The average Bonchev–Trinajstić information content (AvgIpc) is 2.35. The molecular formula is C13H18Cl2N2. The van der Waals surface area contributed by atoms with Gasteiger partial charge in [0.05, 0.1) is 10.0 Å². The highest BCUT2D eigenvalue weighted by molar-refractivity contribution is 6.42. The molecule has 4 heteroatoms. The van der Waals surface area contributed by atoms with Gasteiger partial charge < -0.3 is 10.6 Å². The van der Waals surface area contributed by atoms with E-state index in [-0.39, 0.29) is 0 Å². The van der Waals surface area contributed by atoms with Crippen molar-refractivity contribution in [3.8, 4) is 0 Å². The topological polar surface area (TPSA) is 24.1 Å². The quantitative estimate of drug-likeness (QED) is 0.880. The Morgan fingerprint density at radius 3 is 2.82 bits per heavy atom. The van der Waals surface area contributed by atoms with Gasteiger partial charge in [-0.25, -0.2) is 0 Å². The van der Waals surface area contributed by atoms with Crippen molar-refractivity contribution in [3.63, 3.8) is 0 Å². The Morgan fingerprint density at radius 1 is 1.24 bits per heavy atom. The number of rotatable bonds is 4. The smallest absolute Gasteiger partial charge is 0.0595 e. The first-order valence-corrected chi connectivity index (χ1v) is 6.89. The minimum absolute atomic E-state index is 0.615. The van der Waals surface area contributed by atoms with Gasteiger partial charge in [0.15, 0.2) is 0 Å². The molecule has 0 amide bonds. The summed E-state index contributed by atoms with van der Waals surface area (Å²) in [6.45, 7) is 3.01. The summed E-state index contributed by atoms with van der Waals surface area (Å²) in [5, 5.41) is 8.21. The lowest BCUT2D eigenvalue weighted by atomic mass is 10.1. The Morgan fingerprint density at radius 2 is 2.12 bits per heavy atom. The van der Waals surface area contributed by atoms with Crippen LogP contribution < -0.4 is 10.6 Å². The van der Waals surface area contributed by atoms with E-state index >= 15 is 0 Å². The molecule has 2 N–H and O–H groups in total. The van der Waals surface area contributed by atoms with Gasteiger partial charge in [-0.15, -0.1) is 0 Å². The standard InChI is InChI=1S/C13H18Cl2N2/c14-12-5-4-10(7-13(12)15)8-16-9-11-3-1-2-6-17-11/h4-5,7,11,16-17H,1-3,6,8-9H2/t11-/m1/s1. The third kappa shape index (κ3) is 4.14. The van der Waals surface area contributed by atoms with Gasteiger partial charge in [-0.3, -0.25) is 0 Å². The molecule has 1 aliphatic heterocycles. The van der Waals surface area contributed by atoms with Crippen LogP contribution in [-0.2, 0) is 6.54 Å². The van der Waals surface area contributed by atoms with Gasteiger partial charge in [-0.05, 0) is 37.1 Å². The predicted molar refractivity (Wildman–Crippen MR) is 73.8 cm³/mol. The molecule has 1 heterocycles. The summed E-state index contributed by atoms with van der Waals surface area (Å²) in [5.74, 6) is 0. The van der Waals surface area contributed by atoms with E-state index < -0.39 is 0 Å². The maximum Gasteiger partial charge on any atom is 0.0595 e. The zero-order valence-corrected chi connectivity index (χ0v) is 11.3. The molecule has 1 saturated heterocycles. The van der Waals surface area contributed by atoms with Gasteiger partial charge in [-0.1, -0.05) is 35.7 Å². The van der Waals surface area contributed by atoms with E-state index in [1.165, 1.54) is 24.8 Å². The van der Waals surface area contributed by atoms with Crippen LogP contribution in [0, 0.1) is 0 Å². The van der Waals surface area contributed by atoms with Crippen molar-refractivity contribution in [3.05, 3.63) is 33.8 Å². The van der Waals surface area contributed by atoms with Crippen molar-refractivity contribution in [2.75, 3.05) is 13.1 Å². The average molecular weight is 273 g/mol. The fourth-order valence-electron chi connectivity index (χ4n) is 2.14. The Bertz CT molecular complexity index is 362. The molecule has 1 aromatic rings. The molecule has 1 atom stereocenters. The van der Waals surface area contributed by atoms with Crippen molar-refractivity contribution in [2.45, 2.75) is 31.8 Å². The summed E-state index contributed by atoms with van der Waals surface area (Å²) in [6, 6.07) is 6.40. The number of nitrogens with one attached hydrogen (secondary N) is 2. The van der Waals surface area contributed by atoms with Crippen LogP contribution in [0.5, 0.6) is 0 Å². The summed E-state index contributed by atoms with van der Waals surface area (Å²) >= 11 is 11.8. The summed E-state index contributed by atoms with van der Waals surface area (Å²) in [6.07, 6.45) is 3.92. The van der Waals surface area contributed by atoms with Gasteiger partial charge in [0.2, 0.25) is 0 Å². The van der Waals surface area contributed by atoms with Crippen LogP contribution in [0.1, 0.15) is 24.8 Å². The van der Waals surface area contributed by atoms with E-state index in [2.05, 4.69) is 10.6 Å². The molecule has 0 unspecified atom stereocenters. The molecule has 2 nitrogen and oxygen atoms in total. The minimum atomic E-state index is 0.615. The highest BCUT2D eigenvalue weighted by Crippen LogP contribution is 2.22. The third-order valence-electron chi connectivity index (χ3n) is 3.12. The largest absolute Gasteiger partial charge is 0.313 e. The van der Waals surface area contributed by atoms with E-state index in [1.54, 1.807) is 0 Å². The first-order chi connectivity index (χ1) is 8.25. The van der Waals surface area contributed by atoms with Crippen LogP contribution in [0.25, 0.3) is 0 Å². The molecule has 1 aliphatic rings. The first-order valence-electron chi connectivity index (χ1n) is 6.14. The molecule has 1 fully saturated rings.